The molecule has 0 atom stereocenters. The largest absolute Gasteiger partial charge is 0.313 e. The van der Waals surface area contributed by atoms with Gasteiger partial charge in [-0.2, -0.15) is 0 Å². The van der Waals surface area contributed by atoms with Gasteiger partial charge in [0.2, 0.25) is 13.4 Å². The van der Waals surface area contributed by atoms with E-state index in [0.717, 1.165) is 12.8 Å². The Labute approximate surface area is 310 Å². The summed E-state index contributed by atoms with van der Waals surface area (Å²) in [5.74, 6) is 0. The Morgan fingerprint density at radius 1 is 0.451 bits per heavy atom. The summed E-state index contributed by atoms with van der Waals surface area (Å²) in [6.07, 6.45) is 2.04. The van der Waals surface area contributed by atoms with Crippen LogP contribution < -0.4 is 37.7 Å². The molecule has 3 heteroatoms. The summed E-state index contributed by atoms with van der Waals surface area (Å²) >= 11 is 0. The maximum atomic E-state index is 2.67. The summed E-state index contributed by atoms with van der Waals surface area (Å²) in [4.78, 5) is 2.67. The molecule has 0 aromatic heterocycles. The second-order valence-electron chi connectivity index (χ2n) is 17.0. The Morgan fingerprint density at radius 3 is 1.10 bits per heavy atom. The quantitative estimate of drug-likeness (QED) is 0.171. The van der Waals surface area contributed by atoms with E-state index >= 15 is 0 Å². The highest BCUT2D eigenvalue weighted by molar-refractivity contribution is 7.02. The van der Waals surface area contributed by atoms with Crippen LogP contribution in [0.4, 0.5) is 17.1 Å². The van der Waals surface area contributed by atoms with Crippen molar-refractivity contribution in [3.8, 4) is 0 Å². The fourth-order valence-corrected chi connectivity index (χ4v) is 9.58. The number of nitrogens with zero attached hydrogens (tertiary/aromatic N) is 1. The minimum atomic E-state index is -0.0189. The van der Waals surface area contributed by atoms with Crippen molar-refractivity contribution in [2.24, 2.45) is 0 Å². The molecule has 0 amide bonds. The van der Waals surface area contributed by atoms with Gasteiger partial charge in [-0.05, 0) is 172 Å². The average Bonchev–Trinajstić information content (AvgIpc) is 3.12. The van der Waals surface area contributed by atoms with Gasteiger partial charge in [-0.25, -0.2) is 0 Å². The zero-order valence-electron chi connectivity index (χ0n) is 34.1. The topological polar surface area (TPSA) is 3.24 Å². The SMILES string of the molecule is CCc1ccc2c(c1)B(c1c(C)c(C)c(C)c(C)c1C)c1cc(C(C)(C)C)cc3c1N2c1ccc(CC)cc1B3c1c(C)c(C)c(C)c(C)c1C. The molecule has 0 saturated heterocycles. The predicted octanol–water partition coefficient (Wildman–Crippen LogP) is 8.32. The third-order valence-electron chi connectivity index (χ3n) is 13.7. The first-order chi connectivity index (χ1) is 24.0. The molecule has 1 nitrogen and oxygen atoms in total. The zero-order valence-corrected chi connectivity index (χ0v) is 34.1. The molecule has 0 radical (unpaired) electrons. The van der Waals surface area contributed by atoms with Crippen LogP contribution in [-0.2, 0) is 18.3 Å². The fraction of sp³-hybridized carbons (Fsp3) is 0.375. The molecule has 5 aromatic rings. The van der Waals surface area contributed by atoms with Crippen molar-refractivity contribution >= 4 is 63.3 Å². The summed E-state index contributed by atoms with van der Waals surface area (Å²) in [5.41, 5.74) is 31.4. The summed E-state index contributed by atoms with van der Waals surface area (Å²) in [5, 5.41) is 0. The summed E-state index contributed by atoms with van der Waals surface area (Å²) < 4.78 is 0. The summed E-state index contributed by atoms with van der Waals surface area (Å²) in [6, 6.07) is 19.9. The van der Waals surface area contributed by atoms with Gasteiger partial charge in [0, 0.05) is 17.1 Å². The maximum absolute atomic E-state index is 2.67. The molecule has 260 valence electrons. The molecular formula is C48H57B2N. The molecule has 0 saturated carbocycles. The highest BCUT2D eigenvalue weighted by Crippen LogP contribution is 2.40. The predicted molar refractivity (Wildman–Crippen MR) is 228 cm³/mol. The third-order valence-corrected chi connectivity index (χ3v) is 13.7. The smallest absolute Gasteiger partial charge is 0.247 e. The van der Waals surface area contributed by atoms with Crippen LogP contribution in [0.5, 0.6) is 0 Å². The number of fused-ring (bicyclic) bond motifs is 4. The van der Waals surface area contributed by atoms with Crippen molar-refractivity contribution in [3.05, 3.63) is 121 Å². The number of rotatable bonds is 4. The van der Waals surface area contributed by atoms with E-state index in [0.29, 0.717) is 0 Å². The Hall–Kier alpha value is -3.97. The molecule has 5 aromatic carbocycles. The van der Waals surface area contributed by atoms with Crippen molar-refractivity contribution in [3.63, 3.8) is 0 Å². The van der Waals surface area contributed by atoms with Gasteiger partial charge in [0.25, 0.3) is 0 Å². The molecule has 51 heavy (non-hydrogen) atoms. The van der Waals surface area contributed by atoms with Crippen LogP contribution in [-0.4, -0.2) is 13.4 Å². The minimum Gasteiger partial charge on any atom is -0.313 e. The van der Waals surface area contributed by atoms with E-state index in [2.05, 4.69) is 157 Å². The van der Waals surface area contributed by atoms with Crippen LogP contribution >= 0.6 is 0 Å². The van der Waals surface area contributed by atoms with Gasteiger partial charge in [0.15, 0.2) is 0 Å². The van der Waals surface area contributed by atoms with E-state index in [9.17, 15) is 0 Å². The van der Waals surface area contributed by atoms with Crippen molar-refractivity contribution < 1.29 is 0 Å². The normalized spacial score (nSPS) is 13.4. The van der Waals surface area contributed by atoms with Crippen molar-refractivity contribution in [1.29, 1.82) is 0 Å². The number of anilines is 3. The van der Waals surface area contributed by atoms with Gasteiger partial charge in [-0.3, -0.25) is 0 Å². The van der Waals surface area contributed by atoms with E-state index in [1.807, 2.05) is 0 Å². The lowest BCUT2D eigenvalue weighted by Gasteiger charge is -2.46. The van der Waals surface area contributed by atoms with E-state index in [4.69, 9.17) is 0 Å². The second-order valence-corrected chi connectivity index (χ2v) is 17.0. The lowest BCUT2D eigenvalue weighted by atomic mass is 9.29. The fourth-order valence-electron chi connectivity index (χ4n) is 9.58. The van der Waals surface area contributed by atoms with E-state index in [1.165, 1.54) is 122 Å². The molecule has 0 fully saturated rings. The first-order valence-electron chi connectivity index (χ1n) is 19.4. The first-order valence-corrected chi connectivity index (χ1v) is 19.4. The van der Waals surface area contributed by atoms with Gasteiger partial charge >= 0.3 is 0 Å². The Kier molecular flexibility index (Phi) is 8.56. The van der Waals surface area contributed by atoms with E-state index in [1.54, 1.807) is 0 Å². The summed E-state index contributed by atoms with van der Waals surface area (Å²) in [6.45, 7) is 35.6. The Morgan fingerprint density at radius 2 is 0.784 bits per heavy atom. The van der Waals surface area contributed by atoms with Gasteiger partial charge < -0.3 is 4.90 Å². The van der Waals surface area contributed by atoms with Crippen LogP contribution in [0.2, 0.25) is 0 Å². The third kappa shape index (κ3) is 5.12. The monoisotopic (exact) mass is 669 g/mol. The number of benzene rings is 5. The van der Waals surface area contributed by atoms with Crippen LogP contribution in [0.15, 0.2) is 48.5 Å². The molecule has 2 aliphatic heterocycles. The van der Waals surface area contributed by atoms with Crippen LogP contribution in [0.25, 0.3) is 0 Å². The molecular weight excluding hydrogens is 612 g/mol. The molecule has 0 N–H and O–H groups in total. The van der Waals surface area contributed by atoms with Gasteiger partial charge in [-0.1, -0.05) is 104 Å². The molecule has 0 aliphatic carbocycles. The zero-order chi connectivity index (χ0) is 37.0. The van der Waals surface area contributed by atoms with Crippen LogP contribution in [0.1, 0.15) is 107 Å². The van der Waals surface area contributed by atoms with Gasteiger partial charge in [0.05, 0.1) is 0 Å². The van der Waals surface area contributed by atoms with Crippen LogP contribution in [0.3, 0.4) is 0 Å². The molecule has 0 unspecified atom stereocenters. The molecule has 0 spiro atoms. The maximum Gasteiger partial charge on any atom is 0.247 e. The molecule has 2 heterocycles. The van der Waals surface area contributed by atoms with Gasteiger partial charge in [0.1, 0.15) is 0 Å². The highest BCUT2D eigenvalue weighted by atomic mass is 15.2. The van der Waals surface area contributed by atoms with E-state index < -0.39 is 0 Å². The van der Waals surface area contributed by atoms with E-state index in [-0.39, 0.29) is 18.8 Å². The van der Waals surface area contributed by atoms with Crippen molar-refractivity contribution in [2.45, 2.75) is 122 Å². The van der Waals surface area contributed by atoms with Crippen molar-refractivity contribution in [1.82, 2.24) is 0 Å². The minimum absolute atomic E-state index is 0.0189. The molecule has 2 aliphatic rings. The second kappa shape index (κ2) is 12.3. The molecule has 7 rings (SSSR count). The standard InChI is InChI=1S/C48H57B2N/c1-16-36-18-20-43-39(22-36)49(45-32(9)28(5)26(3)29(6)33(45)10)41-24-38(48(13,14)15)25-42-47(41)51(43)44-21-19-37(17-2)23-40(44)50(42)46-34(11)30(7)27(4)31(8)35(46)12/h18-25H,16-17H2,1-15H3. The number of hydrogen-bond donors (Lipinski definition) is 0. The highest BCUT2D eigenvalue weighted by Gasteiger charge is 2.46. The average molecular weight is 670 g/mol. The lowest BCUT2D eigenvalue weighted by Crippen LogP contribution is -2.66. The molecule has 0 bridgehead atoms. The lowest BCUT2D eigenvalue weighted by molar-refractivity contribution is 0.591. The van der Waals surface area contributed by atoms with Gasteiger partial charge in [-0.15, -0.1) is 0 Å². The number of aryl methyl sites for hydroxylation is 2. The Balaban J connectivity index is 1.71. The van der Waals surface area contributed by atoms with Crippen molar-refractivity contribution in [2.75, 3.05) is 4.90 Å². The summed E-state index contributed by atoms with van der Waals surface area (Å²) in [7, 11) is 0. The first kappa shape index (κ1) is 35.4. The van der Waals surface area contributed by atoms with Crippen LogP contribution in [0, 0.1) is 69.2 Å². The number of hydrogen-bond acceptors (Lipinski definition) is 1. The Bertz CT molecular complexity index is 2070.